The van der Waals surface area contributed by atoms with Gasteiger partial charge in [-0.15, -0.1) is 5.10 Å². The fourth-order valence-electron chi connectivity index (χ4n) is 1.99. The summed E-state index contributed by atoms with van der Waals surface area (Å²) in [5.41, 5.74) is 3.84. The molecule has 0 amide bonds. The van der Waals surface area contributed by atoms with Gasteiger partial charge < -0.3 is 0 Å². The molecule has 0 saturated heterocycles. The summed E-state index contributed by atoms with van der Waals surface area (Å²) in [6, 6.07) is 15.7. The van der Waals surface area contributed by atoms with Crippen molar-refractivity contribution in [3.05, 3.63) is 65.3 Å². The normalized spacial score (nSPS) is 10.6. The first kappa shape index (κ1) is 11.9. The maximum absolute atomic E-state index is 6.17. The number of nitrogens with zero attached hydrogens (tertiary/aromatic N) is 3. The van der Waals surface area contributed by atoms with Crippen LogP contribution in [-0.2, 0) is 0 Å². The maximum atomic E-state index is 6.17. The Balaban J connectivity index is 2.06. The smallest absolute Gasteiger partial charge is 0.115 e. The third-order valence-electron chi connectivity index (χ3n) is 3.01. The molecule has 0 unspecified atom stereocenters. The lowest BCUT2D eigenvalue weighted by Gasteiger charge is -2.03. The number of aromatic nitrogens is 3. The van der Waals surface area contributed by atoms with E-state index in [-0.39, 0.29) is 0 Å². The van der Waals surface area contributed by atoms with Crippen LogP contribution in [0.3, 0.4) is 0 Å². The van der Waals surface area contributed by atoms with Gasteiger partial charge in [-0.05, 0) is 24.6 Å². The fourth-order valence-corrected chi connectivity index (χ4v) is 2.23. The number of benzene rings is 2. The third kappa shape index (κ3) is 2.25. The fraction of sp³-hybridized carbons (Fsp3) is 0.0667. The topological polar surface area (TPSA) is 30.7 Å². The zero-order chi connectivity index (χ0) is 13.2. The first-order valence-corrected chi connectivity index (χ1v) is 6.37. The SMILES string of the molecule is Cc1ccccc1-n1cc(-c2ccccc2Cl)nn1. The Morgan fingerprint density at radius 1 is 1.00 bits per heavy atom. The van der Waals surface area contributed by atoms with Crippen molar-refractivity contribution >= 4 is 11.6 Å². The van der Waals surface area contributed by atoms with E-state index in [1.807, 2.05) is 61.7 Å². The predicted octanol–water partition coefficient (Wildman–Crippen LogP) is 3.90. The van der Waals surface area contributed by atoms with Crippen molar-refractivity contribution in [2.75, 3.05) is 0 Å². The summed E-state index contributed by atoms with van der Waals surface area (Å²) in [6.45, 7) is 2.05. The molecule has 0 N–H and O–H groups in total. The second-order valence-electron chi connectivity index (χ2n) is 4.31. The van der Waals surface area contributed by atoms with Crippen LogP contribution < -0.4 is 0 Å². The minimum absolute atomic E-state index is 0.680. The molecule has 1 heterocycles. The average molecular weight is 270 g/mol. The molecule has 3 rings (SSSR count). The molecule has 0 atom stereocenters. The van der Waals surface area contributed by atoms with Crippen LogP contribution in [0, 0.1) is 6.92 Å². The molecule has 4 heteroatoms. The van der Waals surface area contributed by atoms with Crippen molar-refractivity contribution in [2.45, 2.75) is 6.92 Å². The van der Waals surface area contributed by atoms with Gasteiger partial charge in [0, 0.05) is 5.56 Å². The van der Waals surface area contributed by atoms with Gasteiger partial charge in [-0.3, -0.25) is 0 Å². The minimum atomic E-state index is 0.680. The Labute approximate surface area is 116 Å². The molecule has 0 bridgehead atoms. The molecule has 0 fully saturated rings. The summed E-state index contributed by atoms with van der Waals surface area (Å²) < 4.78 is 1.77. The minimum Gasteiger partial charge on any atom is -0.220 e. The molecule has 0 aliphatic carbocycles. The molecular formula is C15H12ClN3. The van der Waals surface area contributed by atoms with Crippen LogP contribution in [0.1, 0.15) is 5.56 Å². The Hall–Kier alpha value is -2.13. The van der Waals surface area contributed by atoms with E-state index in [9.17, 15) is 0 Å². The van der Waals surface area contributed by atoms with E-state index in [4.69, 9.17) is 11.6 Å². The van der Waals surface area contributed by atoms with Crippen molar-refractivity contribution in [2.24, 2.45) is 0 Å². The largest absolute Gasteiger partial charge is 0.220 e. The van der Waals surface area contributed by atoms with Crippen molar-refractivity contribution in [1.82, 2.24) is 15.0 Å². The molecule has 2 aromatic carbocycles. The highest BCUT2D eigenvalue weighted by Gasteiger charge is 2.09. The Kier molecular flexibility index (Phi) is 3.05. The molecule has 1 aromatic heterocycles. The average Bonchev–Trinajstić information content (AvgIpc) is 2.89. The van der Waals surface area contributed by atoms with E-state index >= 15 is 0 Å². The maximum Gasteiger partial charge on any atom is 0.115 e. The second-order valence-corrected chi connectivity index (χ2v) is 4.72. The van der Waals surface area contributed by atoms with E-state index in [1.54, 1.807) is 4.68 Å². The zero-order valence-corrected chi connectivity index (χ0v) is 11.2. The summed E-state index contributed by atoms with van der Waals surface area (Å²) >= 11 is 6.17. The second kappa shape index (κ2) is 4.86. The van der Waals surface area contributed by atoms with E-state index in [0.717, 1.165) is 22.5 Å². The summed E-state index contributed by atoms with van der Waals surface area (Å²) in [4.78, 5) is 0. The molecule has 0 aliphatic rings. The molecule has 0 aliphatic heterocycles. The third-order valence-corrected chi connectivity index (χ3v) is 3.34. The van der Waals surface area contributed by atoms with Crippen molar-refractivity contribution in [1.29, 1.82) is 0 Å². The molecule has 3 nitrogen and oxygen atoms in total. The standard InChI is InChI=1S/C15H12ClN3/c1-11-6-2-5-9-15(11)19-10-14(17-18-19)12-7-3-4-8-13(12)16/h2-10H,1H3. The number of para-hydroxylation sites is 1. The highest BCUT2D eigenvalue weighted by Crippen LogP contribution is 2.26. The quantitative estimate of drug-likeness (QED) is 0.706. The molecule has 3 aromatic rings. The lowest BCUT2D eigenvalue weighted by atomic mass is 10.1. The van der Waals surface area contributed by atoms with Crippen LogP contribution >= 0.6 is 11.6 Å². The first-order valence-electron chi connectivity index (χ1n) is 5.99. The predicted molar refractivity (Wildman–Crippen MR) is 76.5 cm³/mol. The van der Waals surface area contributed by atoms with Crippen LogP contribution in [0.25, 0.3) is 16.9 Å². The molecule has 94 valence electrons. The Morgan fingerprint density at radius 3 is 2.53 bits per heavy atom. The molecule has 0 saturated carbocycles. The van der Waals surface area contributed by atoms with E-state index in [2.05, 4.69) is 10.3 Å². The Bertz CT molecular complexity index is 659. The lowest BCUT2D eigenvalue weighted by Crippen LogP contribution is -1.96. The summed E-state index contributed by atoms with van der Waals surface area (Å²) in [5, 5.41) is 9.05. The Morgan fingerprint density at radius 2 is 1.74 bits per heavy atom. The first-order chi connectivity index (χ1) is 9.25. The van der Waals surface area contributed by atoms with Crippen LogP contribution in [0.15, 0.2) is 54.7 Å². The number of hydrogen-bond donors (Lipinski definition) is 0. The summed E-state index contributed by atoms with van der Waals surface area (Å²) in [5.74, 6) is 0. The summed E-state index contributed by atoms with van der Waals surface area (Å²) in [7, 11) is 0. The molecule has 0 radical (unpaired) electrons. The van der Waals surface area contributed by atoms with Gasteiger partial charge in [-0.1, -0.05) is 53.2 Å². The highest BCUT2D eigenvalue weighted by molar-refractivity contribution is 6.33. The van der Waals surface area contributed by atoms with Gasteiger partial charge in [0.15, 0.2) is 0 Å². The van der Waals surface area contributed by atoms with Crippen molar-refractivity contribution in [3.8, 4) is 16.9 Å². The van der Waals surface area contributed by atoms with Gasteiger partial charge in [0.2, 0.25) is 0 Å². The number of hydrogen-bond acceptors (Lipinski definition) is 2. The van der Waals surface area contributed by atoms with Gasteiger partial charge in [0.1, 0.15) is 5.69 Å². The van der Waals surface area contributed by atoms with Crippen molar-refractivity contribution in [3.63, 3.8) is 0 Å². The van der Waals surface area contributed by atoms with Crippen molar-refractivity contribution < 1.29 is 0 Å². The van der Waals surface area contributed by atoms with Crippen LogP contribution in [0.2, 0.25) is 5.02 Å². The van der Waals surface area contributed by atoms with Crippen LogP contribution in [0.4, 0.5) is 0 Å². The van der Waals surface area contributed by atoms with Crippen LogP contribution in [-0.4, -0.2) is 15.0 Å². The molecular weight excluding hydrogens is 258 g/mol. The van der Waals surface area contributed by atoms with E-state index < -0.39 is 0 Å². The van der Waals surface area contributed by atoms with E-state index in [1.165, 1.54) is 0 Å². The number of halogens is 1. The lowest BCUT2D eigenvalue weighted by molar-refractivity contribution is 0.799. The summed E-state index contributed by atoms with van der Waals surface area (Å²) in [6.07, 6.45) is 1.89. The number of rotatable bonds is 2. The van der Waals surface area contributed by atoms with Gasteiger partial charge >= 0.3 is 0 Å². The molecule has 19 heavy (non-hydrogen) atoms. The zero-order valence-electron chi connectivity index (χ0n) is 10.4. The number of aryl methyl sites for hydroxylation is 1. The van der Waals surface area contributed by atoms with Gasteiger partial charge in [-0.2, -0.15) is 0 Å². The van der Waals surface area contributed by atoms with Gasteiger partial charge in [-0.25, -0.2) is 4.68 Å². The van der Waals surface area contributed by atoms with Gasteiger partial charge in [0.05, 0.1) is 16.9 Å². The van der Waals surface area contributed by atoms with Gasteiger partial charge in [0.25, 0.3) is 0 Å². The molecule has 0 spiro atoms. The van der Waals surface area contributed by atoms with E-state index in [0.29, 0.717) is 5.02 Å². The highest BCUT2D eigenvalue weighted by atomic mass is 35.5. The van der Waals surface area contributed by atoms with Crippen LogP contribution in [0.5, 0.6) is 0 Å². The monoisotopic (exact) mass is 269 g/mol.